The molecule has 0 bridgehead atoms. The molecule has 14 heteroatoms. The van der Waals surface area contributed by atoms with E-state index in [-0.39, 0.29) is 5.69 Å². The number of nitrogens with zero attached hydrogens (tertiary/aromatic N) is 1. The summed E-state index contributed by atoms with van der Waals surface area (Å²) in [6.07, 6.45) is 3.64. The third-order valence-electron chi connectivity index (χ3n) is 7.49. The average Bonchev–Trinajstić information content (AvgIpc) is 3.74. The Hall–Kier alpha value is -3.94. The van der Waals surface area contributed by atoms with Crippen LogP contribution in [0.4, 0.5) is 26.3 Å². The molecule has 0 aliphatic heterocycles. The molecule has 2 aromatic rings. The molecule has 2 saturated carbocycles. The number of nitrogens with one attached hydrogen (secondary N) is 1. The van der Waals surface area contributed by atoms with Crippen LogP contribution in [-0.2, 0) is 16.0 Å². The van der Waals surface area contributed by atoms with Gasteiger partial charge in [-0.05, 0) is 80.4 Å². The van der Waals surface area contributed by atoms with Gasteiger partial charge in [-0.15, -0.1) is 0 Å². The van der Waals surface area contributed by atoms with Gasteiger partial charge in [-0.25, -0.2) is 19.4 Å². The molecule has 4 rings (SSSR count). The van der Waals surface area contributed by atoms with Crippen molar-refractivity contribution in [2.75, 3.05) is 0 Å². The number of alkyl halides is 6. The molecule has 2 atom stereocenters. The minimum atomic E-state index is -5.08. The lowest BCUT2D eigenvalue weighted by molar-refractivity contribution is -0.193. The van der Waals surface area contributed by atoms with Crippen molar-refractivity contribution in [2.45, 2.75) is 82.7 Å². The van der Waals surface area contributed by atoms with Gasteiger partial charge in [0.1, 0.15) is 5.69 Å². The van der Waals surface area contributed by atoms with E-state index in [2.05, 4.69) is 53.6 Å². The zero-order valence-corrected chi connectivity index (χ0v) is 24.4. The molecule has 2 aliphatic rings. The Labute approximate surface area is 256 Å². The molecule has 45 heavy (non-hydrogen) atoms. The highest BCUT2D eigenvalue weighted by Crippen LogP contribution is 2.41. The summed E-state index contributed by atoms with van der Waals surface area (Å²) in [5, 5.41) is 27.2. The van der Waals surface area contributed by atoms with E-state index in [1.807, 2.05) is 6.07 Å². The highest BCUT2D eigenvalue weighted by Gasteiger charge is 2.41. The maximum Gasteiger partial charge on any atom is 0.490 e. The van der Waals surface area contributed by atoms with Crippen LogP contribution in [0.1, 0.15) is 73.5 Å². The fourth-order valence-electron chi connectivity index (χ4n) is 5.01. The van der Waals surface area contributed by atoms with Gasteiger partial charge in [-0.3, -0.25) is 0 Å². The Balaban J connectivity index is 0.000000421. The van der Waals surface area contributed by atoms with Crippen LogP contribution >= 0.6 is 0 Å². The Kier molecular flexibility index (Phi) is 14.0. The number of carboxylic acid groups (broad SMARTS) is 3. The van der Waals surface area contributed by atoms with Crippen LogP contribution < -0.4 is 5.32 Å². The Morgan fingerprint density at radius 2 is 1.44 bits per heavy atom. The van der Waals surface area contributed by atoms with Gasteiger partial charge in [0.15, 0.2) is 0 Å². The van der Waals surface area contributed by atoms with Gasteiger partial charge in [0.2, 0.25) is 0 Å². The number of rotatable bonds is 9. The van der Waals surface area contributed by atoms with E-state index in [4.69, 9.17) is 24.9 Å². The molecule has 1 aromatic carbocycles. The first-order valence-corrected chi connectivity index (χ1v) is 14.3. The second-order valence-electron chi connectivity index (χ2n) is 10.8. The molecule has 1 heterocycles. The zero-order valence-electron chi connectivity index (χ0n) is 24.4. The number of aromatic nitrogens is 1. The normalized spacial score (nSPS) is 21.4. The van der Waals surface area contributed by atoms with E-state index in [1.165, 1.54) is 44.1 Å². The summed E-state index contributed by atoms with van der Waals surface area (Å²) in [7, 11) is 0. The summed E-state index contributed by atoms with van der Waals surface area (Å²) < 4.78 is 63.5. The number of carboxylic acids is 3. The second-order valence-corrected chi connectivity index (χ2v) is 10.8. The van der Waals surface area contributed by atoms with Crippen LogP contribution in [0.25, 0.3) is 6.08 Å². The fourth-order valence-corrected chi connectivity index (χ4v) is 5.01. The maximum atomic E-state index is 10.9. The number of aromatic carboxylic acids is 1. The predicted molar refractivity (Wildman–Crippen MR) is 152 cm³/mol. The molecule has 4 N–H and O–H groups in total. The number of carbonyl (C=O) groups is 3. The van der Waals surface area contributed by atoms with Crippen LogP contribution in [-0.4, -0.2) is 62.6 Å². The Morgan fingerprint density at radius 3 is 1.89 bits per heavy atom. The van der Waals surface area contributed by atoms with E-state index < -0.39 is 30.3 Å². The van der Waals surface area contributed by atoms with Gasteiger partial charge < -0.3 is 20.6 Å². The molecule has 248 valence electrons. The smallest absolute Gasteiger partial charge is 0.477 e. The molecule has 0 saturated heterocycles. The van der Waals surface area contributed by atoms with E-state index in [9.17, 15) is 31.1 Å². The lowest BCUT2D eigenvalue weighted by atomic mass is 9.82. The molecule has 0 spiro atoms. The Bertz CT molecular complexity index is 1250. The largest absolute Gasteiger partial charge is 0.490 e. The van der Waals surface area contributed by atoms with Crippen LogP contribution in [0.2, 0.25) is 0 Å². The maximum absolute atomic E-state index is 10.9. The first-order valence-electron chi connectivity index (χ1n) is 14.3. The van der Waals surface area contributed by atoms with Crippen LogP contribution in [0.5, 0.6) is 0 Å². The summed E-state index contributed by atoms with van der Waals surface area (Å²) in [6.45, 7) is 2.28. The van der Waals surface area contributed by atoms with Crippen molar-refractivity contribution >= 4 is 24.0 Å². The summed E-state index contributed by atoms with van der Waals surface area (Å²) in [5.41, 5.74) is 4.17. The summed E-state index contributed by atoms with van der Waals surface area (Å²) >= 11 is 0. The van der Waals surface area contributed by atoms with Crippen molar-refractivity contribution in [3.05, 3.63) is 71.1 Å². The number of aliphatic carboxylic acids is 2. The molecule has 1 aromatic heterocycles. The average molecular weight is 647 g/mol. The summed E-state index contributed by atoms with van der Waals surface area (Å²) in [5.74, 6) is -4.99. The standard InChI is InChI=1S/C27H34N2O2.2C2HF3O2/c1-2-22(16-20-6-4-3-5-7-20)24-17-26(24)29-23-13-10-19(11-14-23)8-9-21-12-15-25(27(30)31)28-18-21;2*3-2(4,5)1(6)7/h3-7,12,15-16,18-19,23-24,26,29H,2,8-11,13-14,17H2,1H3,(H,30,31);2*(H,6,7)/b22-16+;;/t19?,23?,24-,26+;;/m0../s1. The minimum Gasteiger partial charge on any atom is -0.477 e. The van der Waals surface area contributed by atoms with E-state index in [0.717, 1.165) is 24.3 Å². The number of halogens is 6. The van der Waals surface area contributed by atoms with Gasteiger partial charge >= 0.3 is 30.3 Å². The first kappa shape index (κ1) is 37.2. The highest BCUT2D eigenvalue weighted by molar-refractivity contribution is 5.85. The van der Waals surface area contributed by atoms with Crippen LogP contribution in [0.3, 0.4) is 0 Å². The molecule has 0 amide bonds. The first-order chi connectivity index (χ1) is 21.0. The molecular formula is C31H36F6N2O6. The summed E-state index contributed by atoms with van der Waals surface area (Å²) in [4.78, 5) is 32.7. The molecule has 0 radical (unpaired) electrons. The summed E-state index contributed by atoms with van der Waals surface area (Å²) in [6, 6.07) is 15.5. The number of pyridine rings is 1. The van der Waals surface area contributed by atoms with Crippen molar-refractivity contribution in [2.24, 2.45) is 11.8 Å². The topological polar surface area (TPSA) is 137 Å². The molecule has 8 nitrogen and oxygen atoms in total. The van der Waals surface area contributed by atoms with Gasteiger partial charge in [0, 0.05) is 18.3 Å². The van der Waals surface area contributed by atoms with Crippen LogP contribution in [0, 0.1) is 11.8 Å². The molecule has 0 unspecified atom stereocenters. The number of benzene rings is 1. The monoisotopic (exact) mass is 646 g/mol. The quantitative estimate of drug-likeness (QED) is 0.214. The van der Waals surface area contributed by atoms with Crippen molar-refractivity contribution in [1.82, 2.24) is 10.3 Å². The molecular weight excluding hydrogens is 610 g/mol. The van der Waals surface area contributed by atoms with Crippen molar-refractivity contribution in [3.8, 4) is 0 Å². The van der Waals surface area contributed by atoms with Crippen LogP contribution in [0.15, 0.2) is 54.2 Å². The van der Waals surface area contributed by atoms with E-state index in [1.54, 1.807) is 17.8 Å². The van der Waals surface area contributed by atoms with Crippen molar-refractivity contribution < 1.29 is 56.0 Å². The predicted octanol–water partition coefficient (Wildman–Crippen LogP) is 7.01. The van der Waals surface area contributed by atoms with Crippen molar-refractivity contribution in [1.29, 1.82) is 0 Å². The fraction of sp³-hybridized carbons (Fsp3) is 0.484. The molecule has 2 fully saturated rings. The van der Waals surface area contributed by atoms with Gasteiger partial charge in [-0.2, -0.15) is 26.3 Å². The lowest BCUT2D eigenvalue weighted by Crippen LogP contribution is -2.35. The third-order valence-corrected chi connectivity index (χ3v) is 7.49. The Morgan fingerprint density at radius 1 is 0.889 bits per heavy atom. The van der Waals surface area contributed by atoms with Gasteiger partial charge in [0.25, 0.3) is 0 Å². The minimum absolute atomic E-state index is 0.124. The van der Waals surface area contributed by atoms with Crippen molar-refractivity contribution in [3.63, 3.8) is 0 Å². The zero-order chi connectivity index (χ0) is 33.8. The highest BCUT2D eigenvalue weighted by atomic mass is 19.4. The third kappa shape index (κ3) is 13.7. The number of aryl methyl sites for hydroxylation is 1. The van der Waals surface area contributed by atoms with E-state index in [0.29, 0.717) is 18.0 Å². The SMILES string of the molecule is CC/C(=C\c1ccccc1)[C@@H]1C[C@H]1NC1CCC(CCc2ccc(C(=O)O)nc2)CC1.O=C(O)C(F)(F)F.O=C(O)C(F)(F)F. The van der Waals surface area contributed by atoms with E-state index >= 15 is 0 Å². The number of hydrogen-bond donors (Lipinski definition) is 4. The lowest BCUT2D eigenvalue weighted by Gasteiger charge is -2.29. The molecule has 2 aliphatic carbocycles. The second kappa shape index (κ2) is 16.9. The van der Waals surface area contributed by atoms with Gasteiger partial charge in [-0.1, -0.05) is 55.0 Å². The van der Waals surface area contributed by atoms with Gasteiger partial charge in [0.05, 0.1) is 0 Å². The number of hydrogen-bond acceptors (Lipinski definition) is 5.